The molecule has 0 heterocycles. The van der Waals surface area contributed by atoms with Crippen molar-refractivity contribution in [2.75, 3.05) is 6.61 Å². The van der Waals surface area contributed by atoms with Crippen LogP contribution in [0.4, 0.5) is 0 Å². The van der Waals surface area contributed by atoms with Gasteiger partial charge in [0.2, 0.25) is 5.91 Å². The molecule has 5 heteroatoms. The molecule has 1 atom stereocenters. The van der Waals surface area contributed by atoms with Gasteiger partial charge < -0.3 is 10.1 Å². The Morgan fingerprint density at radius 3 is 2.48 bits per heavy atom. The van der Waals surface area contributed by atoms with Crippen LogP contribution in [0.25, 0.3) is 0 Å². The minimum atomic E-state index is -0.160. The highest BCUT2D eigenvalue weighted by Gasteiger charge is 2.13. The number of benzene rings is 2. The molecule has 0 saturated carbocycles. The van der Waals surface area contributed by atoms with Crippen molar-refractivity contribution in [1.82, 2.24) is 5.32 Å². The SMILES string of the molecule is CCOc1ccc(C(=O)CCC(=O)N[C@@H](C)c2cccc(Cl)c2)cc1. The van der Waals surface area contributed by atoms with E-state index < -0.39 is 0 Å². The monoisotopic (exact) mass is 359 g/mol. The zero-order valence-electron chi connectivity index (χ0n) is 14.4. The van der Waals surface area contributed by atoms with Gasteiger partial charge in [-0.25, -0.2) is 0 Å². The lowest BCUT2D eigenvalue weighted by Gasteiger charge is -2.14. The van der Waals surface area contributed by atoms with Gasteiger partial charge in [-0.15, -0.1) is 0 Å². The van der Waals surface area contributed by atoms with E-state index in [4.69, 9.17) is 16.3 Å². The zero-order valence-corrected chi connectivity index (χ0v) is 15.2. The molecule has 0 bridgehead atoms. The molecular formula is C20H22ClNO3. The van der Waals surface area contributed by atoms with Crippen molar-refractivity contribution < 1.29 is 14.3 Å². The summed E-state index contributed by atoms with van der Waals surface area (Å²) in [7, 11) is 0. The highest BCUT2D eigenvalue weighted by molar-refractivity contribution is 6.30. The molecule has 0 radical (unpaired) electrons. The molecule has 0 fully saturated rings. The molecule has 25 heavy (non-hydrogen) atoms. The summed E-state index contributed by atoms with van der Waals surface area (Å²) < 4.78 is 5.35. The second-order valence-electron chi connectivity index (χ2n) is 5.72. The number of amides is 1. The minimum absolute atomic E-state index is 0.0615. The molecule has 0 aliphatic carbocycles. The van der Waals surface area contributed by atoms with Gasteiger partial charge >= 0.3 is 0 Å². The van der Waals surface area contributed by atoms with E-state index in [1.54, 1.807) is 30.3 Å². The fourth-order valence-corrected chi connectivity index (χ4v) is 2.65. The first kappa shape index (κ1) is 19.0. The van der Waals surface area contributed by atoms with Crippen LogP contribution in [0.2, 0.25) is 5.02 Å². The lowest BCUT2D eigenvalue weighted by Crippen LogP contribution is -2.26. The Labute approximate surface area is 153 Å². The fourth-order valence-electron chi connectivity index (χ4n) is 2.45. The quantitative estimate of drug-likeness (QED) is 0.702. The van der Waals surface area contributed by atoms with Crippen LogP contribution >= 0.6 is 11.6 Å². The molecule has 0 aliphatic rings. The van der Waals surface area contributed by atoms with Gasteiger partial charge in [0.1, 0.15) is 5.75 Å². The molecule has 0 aliphatic heterocycles. The Bertz CT molecular complexity index is 728. The first-order chi connectivity index (χ1) is 12.0. The number of carbonyl (C=O) groups excluding carboxylic acids is 2. The van der Waals surface area contributed by atoms with Crippen molar-refractivity contribution in [3.8, 4) is 5.75 Å². The maximum absolute atomic E-state index is 12.2. The normalized spacial score (nSPS) is 11.6. The lowest BCUT2D eigenvalue weighted by molar-refractivity contribution is -0.121. The fraction of sp³-hybridized carbons (Fsp3) is 0.300. The molecule has 132 valence electrons. The third-order valence-corrected chi connectivity index (χ3v) is 4.03. The van der Waals surface area contributed by atoms with Gasteiger partial charge in [-0.2, -0.15) is 0 Å². The van der Waals surface area contributed by atoms with Crippen LogP contribution in [0, 0.1) is 0 Å². The summed E-state index contributed by atoms with van der Waals surface area (Å²) in [6, 6.07) is 14.2. The molecule has 0 aromatic heterocycles. The molecule has 2 rings (SSSR count). The maximum atomic E-state index is 12.2. The van der Waals surface area contributed by atoms with Gasteiger partial charge in [0.15, 0.2) is 5.78 Å². The zero-order chi connectivity index (χ0) is 18.2. The van der Waals surface area contributed by atoms with Crippen LogP contribution in [0.5, 0.6) is 5.75 Å². The standard InChI is InChI=1S/C20H22ClNO3/c1-3-25-18-9-7-15(8-10-18)19(23)11-12-20(24)22-14(2)16-5-4-6-17(21)13-16/h4-10,13-14H,3,11-12H2,1-2H3,(H,22,24)/t14-/m0/s1. The van der Waals surface area contributed by atoms with E-state index in [9.17, 15) is 9.59 Å². The Morgan fingerprint density at radius 2 is 1.84 bits per heavy atom. The first-order valence-electron chi connectivity index (χ1n) is 8.30. The van der Waals surface area contributed by atoms with E-state index in [1.807, 2.05) is 32.0 Å². The van der Waals surface area contributed by atoms with Gasteiger partial charge in [-0.05, 0) is 55.8 Å². The Morgan fingerprint density at radius 1 is 1.12 bits per heavy atom. The van der Waals surface area contributed by atoms with Gasteiger partial charge in [0.05, 0.1) is 12.6 Å². The molecule has 0 saturated heterocycles. The molecule has 4 nitrogen and oxygen atoms in total. The number of hydrogen-bond acceptors (Lipinski definition) is 3. The third kappa shape index (κ3) is 5.91. The molecule has 1 N–H and O–H groups in total. The molecular weight excluding hydrogens is 338 g/mol. The van der Waals surface area contributed by atoms with Crippen molar-refractivity contribution in [1.29, 1.82) is 0 Å². The topological polar surface area (TPSA) is 55.4 Å². The molecule has 1 amide bonds. The number of ether oxygens (including phenoxy) is 1. The van der Waals surface area contributed by atoms with Crippen LogP contribution < -0.4 is 10.1 Å². The van der Waals surface area contributed by atoms with E-state index in [1.165, 1.54) is 0 Å². The van der Waals surface area contributed by atoms with Crippen LogP contribution in [0.15, 0.2) is 48.5 Å². The second-order valence-corrected chi connectivity index (χ2v) is 6.16. The van der Waals surface area contributed by atoms with Gasteiger partial charge in [0, 0.05) is 23.4 Å². The Hall–Kier alpha value is -2.33. The summed E-state index contributed by atoms with van der Waals surface area (Å²) >= 11 is 5.96. The summed E-state index contributed by atoms with van der Waals surface area (Å²) in [4.78, 5) is 24.3. The van der Waals surface area contributed by atoms with Gasteiger partial charge in [-0.3, -0.25) is 9.59 Å². The smallest absolute Gasteiger partial charge is 0.220 e. The molecule has 0 spiro atoms. The Kier molecular flexibility index (Phi) is 7.02. The Balaban J connectivity index is 1.83. The largest absolute Gasteiger partial charge is 0.494 e. The summed E-state index contributed by atoms with van der Waals surface area (Å²) in [5, 5.41) is 3.52. The predicted octanol–water partition coefficient (Wildman–Crippen LogP) is 4.58. The van der Waals surface area contributed by atoms with Crippen LogP contribution in [0.3, 0.4) is 0 Å². The average Bonchev–Trinajstić information content (AvgIpc) is 2.60. The number of rotatable bonds is 8. The molecule has 2 aromatic rings. The number of halogens is 1. The van der Waals surface area contributed by atoms with E-state index in [-0.39, 0.29) is 30.6 Å². The van der Waals surface area contributed by atoms with Crippen LogP contribution in [-0.4, -0.2) is 18.3 Å². The molecule has 0 unspecified atom stereocenters. The van der Waals surface area contributed by atoms with Gasteiger partial charge in [0.25, 0.3) is 0 Å². The lowest BCUT2D eigenvalue weighted by atomic mass is 10.1. The number of hydrogen-bond donors (Lipinski definition) is 1. The van der Waals surface area contributed by atoms with E-state index in [2.05, 4.69) is 5.32 Å². The second kappa shape index (κ2) is 9.23. The van der Waals surface area contributed by atoms with E-state index in [0.29, 0.717) is 17.2 Å². The number of ketones is 1. The average molecular weight is 360 g/mol. The van der Waals surface area contributed by atoms with Crippen molar-refractivity contribution in [2.45, 2.75) is 32.7 Å². The highest BCUT2D eigenvalue weighted by Crippen LogP contribution is 2.18. The predicted molar refractivity (Wildman–Crippen MR) is 99.2 cm³/mol. The van der Waals surface area contributed by atoms with Crippen molar-refractivity contribution in [2.24, 2.45) is 0 Å². The molecule has 2 aromatic carbocycles. The van der Waals surface area contributed by atoms with Crippen molar-refractivity contribution in [3.63, 3.8) is 0 Å². The number of Topliss-reactive ketones (excluding diaryl/α,β-unsaturated/α-hetero) is 1. The number of carbonyl (C=O) groups is 2. The van der Waals surface area contributed by atoms with E-state index >= 15 is 0 Å². The maximum Gasteiger partial charge on any atom is 0.220 e. The van der Waals surface area contributed by atoms with Crippen LogP contribution in [0.1, 0.15) is 48.7 Å². The van der Waals surface area contributed by atoms with E-state index in [0.717, 1.165) is 11.3 Å². The van der Waals surface area contributed by atoms with Crippen LogP contribution in [-0.2, 0) is 4.79 Å². The summed E-state index contributed by atoms with van der Waals surface area (Å²) in [6.45, 7) is 4.37. The third-order valence-electron chi connectivity index (χ3n) is 3.79. The summed E-state index contributed by atoms with van der Waals surface area (Å²) in [6.07, 6.45) is 0.318. The first-order valence-corrected chi connectivity index (χ1v) is 8.68. The highest BCUT2D eigenvalue weighted by atomic mass is 35.5. The summed E-state index contributed by atoms with van der Waals surface area (Å²) in [5.41, 5.74) is 1.51. The summed E-state index contributed by atoms with van der Waals surface area (Å²) in [5.74, 6) is 0.507. The van der Waals surface area contributed by atoms with Crippen molar-refractivity contribution in [3.05, 3.63) is 64.7 Å². The number of nitrogens with one attached hydrogen (secondary N) is 1. The van der Waals surface area contributed by atoms with Gasteiger partial charge in [-0.1, -0.05) is 23.7 Å². The van der Waals surface area contributed by atoms with Crippen molar-refractivity contribution >= 4 is 23.3 Å². The minimum Gasteiger partial charge on any atom is -0.494 e.